The van der Waals surface area contributed by atoms with Gasteiger partial charge in [0.25, 0.3) is 0 Å². The van der Waals surface area contributed by atoms with Gasteiger partial charge in [-0.2, -0.15) is 5.26 Å². The zero-order valence-electron chi connectivity index (χ0n) is 26.6. The molecule has 13 heteroatoms. The molecule has 4 aliphatic heterocycles. The largest absolute Gasteiger partial charge is 0.514 e. The number of rotatable bonds is 7. The Bertz CT molecular complexity index is 1650. The highest BCUT2D eigenvalue weighted by molar-refractivity contribution is 5.81. The molecule has 2 unspecified atom stereocenters. The summed E-state index contributed by atoms with van der Waals surface area (Å²) in [7, 11) is 3.49. The van der Waals surface area contributed by atoms with Crippen molar-refractivity contribution >= 4 is 12.1 Å². The van der Waals surface area contributed by atoms with Gasteiger partial charge in [0, 0.05) is 40.9 Å². The number of phenolic OH excluding ortho intramolecular Hbond substituents is 1. The molecule has 4 N–H and O–H groups in total. The molecule has 46 heavy (non-hydrogen) atoms. The number of nitriles is 1. The second-order valence-electron chi connectivity index (χ2n) is 12.2. The van der Waals surface area contributed by atoms with Crippen LogP contribution >= 0.6 is 0 Å². The van der Waals surface area contributed by atoms with Crippen molar-refractivity contribution in [1.29, 1.82) is 5.26 Å². The molecule has 13 nitrogen and oxygen atoms in total. The number of benzene rings is 2. The Morgan fingerprint density at radius 1 is 1.24 bits per heavy atom. The fourth-order valence-corrected chi connectivity index (χ4v) is 7.77. The van der Waals surface area contributed by atoms with Crippen LogP contribution in [0.25, 0.3) is 0 Å². The average molecular weight is 634 g/mol. The summed E-state index contributed by atoms with van der Waals surface area (Å²) in [6.45, 7) is 8.85. The highest BCUT2D eigenvalue weighted by Crippen LogP contribution is 2.58. The molecule has 1 amide bonds. The summed E-state index contributed by atoms with van der Waals surface area (Å²) in [5.41, 5.74) is 10.2. The second-order valence-corrected chi connectivity index (χ2v) is 12.2. The van der Waals surface area contributed by atoms with Crippen LogP contribution in [0.4, 0.5) is 4.79 Å². The summed E-state index contributed by atoms with van der Waals surface area (Å²) >= 11 is 0. The van der Waals surface area contributed by atoms with E-state index in [0.717, 1.165) is 16.7 Å². The quantitative estimate of drug-likeness (QED) is 0.232. The number of nitrogens with two attached hydrogens (primary N) is 1. The van der Waals surface area contributed by atoms with Crippen molar-refractivity contribution in [1.82, 2.24) is 15.1 Å². The lowest BCUT2D eigenvalue weighted by Gasteiger charge is -2.60. The van der Waals surface area contributed by atoms with Gasteiger partial charge < -0.3 is 39.8 Å². The maximum absolute atomic E-state index is 12.9. The van der Waals surface area contributed by atoms with Crippen LogP contribution in [0, 0.1) is 25.2 Å². The third kappa shape index (κ3) is 4.79. The van der Waals surface area contributed by atoms with E-state index in [1.54, 1.807) is 13.8 Å². The van der Waals surface area contributed by atoms with Gasteiger partial charge in [-0.25, -0.2) is 4.79 Å². The zero-order chi connectivity index (χ0) is 33.0. The lowest BCUT2D eigenvalue weighted by Crippen LogP contribution is -2.68. The van der Waals surface area contributed by atoms with Crippen molar-refractivity contribution in [2.45, 2.75) is 69.9 Å². The first kappa shape index (κ1) is 31.5. The lowest BCUT2D eigenvalue weighted by molar-refractivity contribution is -0.123. The van der Waals surface area contributed by atoms with Crippen molar-refractivity contribution in [3.05, 3.63) is 52.1 Å². The van der Waals surface area contributed by atoms with Crippen molar-refractivity contribution in [2.75, 3.05) is 34.1 Å². The number of carbonyl (C=O) groups excluding carboxylic acids is 2. The number of amides is 1. The van der Waals surface area contributed by atoms with E-state index >= 15 is 0 Å². The Kier molecular flexibility index (Phi) is 8.22. The summed E-state index contributed by atoms with van der Waals surface area (Å²) in [5.74, 6) is 1.24. The normalized spacial score (nSPS) is 24.8. The predicted octanol–water partition coefficient (Wildman–Crippen LogP) is 2.68. The van der Waals surface area contributed by atoms with Gasteiger partial charge in [-0.05, 0) is 51.8 Å². The van der Waals surface area contributed by atoms with Crippen LogP contribution in [0.5, 0.6) is 28.7 Å². The molecule has 0 aliphatic carbocycles. The number of ether oxygens (including phenoxy) is 5. The molecule has 0 spiro atoms. The zero-order valence-corrected chi connectivity index (χ0v) is 26.6. The number of piperazine rings is 1. The molecular formula is C33H39N5O8. The topological polar surface area (TPSA) is 169 Å². The van der Waals surface area contributed by atoms with Gasteiger partial charge in [0.15, 0.2) is 23.0 Å². The fourth-order valence-electron chi connectivity index (χ4n) is 7.77. The number of nitrogens with zero attached hydrogens (tertiary/aromatic N) is 3. The SMILES string of the molecule is C=CCOC(=O)Oc1c(C)c2c(c3c1C[C@H]1C4c5c(cc(C)c(OC)c5O)CC([C@H](C#N)N1[C@H]3CNC(=O)[C@H](C)N)N4C)OCO2. The Morgan fingerprint density at radius 2 is 1.98 bits per heavy atom. The summed E-state index contributed by atoms with van der Waals surface area (Å²) in [6.07, 6.45) is 1.36. The number of fused-ring (bicyclic) bond motifs is 9. The van der Waals surface area contributed by atoms with Crippen molar-refractivity contribution in [3.63, 3.8) is 0 Å². The minimum atomic E-state index is -0.912. The first-order chi connectivity index (χ1) is 22.0. The van der Waals surface area contributed by atoms with Gasteiger partial charge >= 0.3 is 6.16 Å². The van der Waals surface area contributed by atoms with E-state index in [9.17, 15) is 20.0 Å². The first-order valence-corrected chi connectivity index (χ1v) is 15.3. The monoisotopic (exact) mass is 633 g/mol. The maximum atomic E-state index is 12.9. The van der Waals surface area contributed by atoms with Gasteiger partial charge in [-0.1, -0.05) is 18.7 Å². The number of phenols is 1. The molecule has 244 valence electrons. The highest BCUT2D eigenvalue weighted by atomic mass is 16.7. The molecular weight excluding hydrogens is 594 g/mol. The number of likely N-dealkylation sites (N-methyl/N-ethyl adjacent to an activating group) is 1. The summed E-state index contributed by atoms with van der Waals surface area (Å²) < 4.78 is 28.6. The van der Waals surface area contributed by atoms with Gasteiger partial charge in [0.05, 0.1) is 31.3 Å². The smallest absolute Gasteiger partial charge is 0.504 e. The second kappa shape index (κ2) is 12.0. The maximum Gasteiger partial charge on any atom is 0.514 e. The number of nitrogens with one attached hydrogen (secondary N) is 1. The van der Waals surface area contributed by atoms with Crippen LogP contribution < -0.4 is 30.0 Å². The molecule has 0 radical (unpaired) electrons. The van der Waals surface area contributed by atoms with Crippen LogP contribution in [0.3, 0.4) is 0 Å². The van der Waals surface area contributed by atoms with Gasteiger partial charge in [-0.15, -0.1) is 0 Å². The van der Waals surface area contributed by atoms with E-state index in [2.05, 4.69) is 27.8 Å². The lowest BCUT2D eigenvalue weighted by atomic mass is 9.71. The van der Waals surface area contributed by atoms with E-state index < -0.39 is 30.3 Å². The summed E-state index contributed by atoms with van der Waals surface area (Å²) in [6, 6.07) is 1.55. The third-order valence-electron chi connectivity index (χ3n) is 9.65. The van der Waals surface area contributed by atoms with E-state index in [4.69, 9.17) is 29.4 Å². The number of hydrogen-bond acceptors (Lipinski definition) is 12. The minimum Gasteiger partial charge on any atom is -0.504 e. The summed E-state index contributed by atoms with van der Waals surface area (Å²) in [5, 5.41) is 25.4. The summed E-state index contributed by atoms with van der Waals surface area (Å²) in [4.78, 5) is 30.0. The van der Waals surface area contributed by atoms with Crippen molar-refractivity contribution in [2.24, 2.45) is 5.73 Å². The first-order valence-electron chi connectivity index (χ1n) is 15.3. The number of aromatic hydroxyl groups is 1. The molecule has 2 aromatic carbocycles. The average Bonchev–Trinajstić information content (AvgIpc) is 3.51. The van der Waals surface area contributed by atoms with Crippen LogP contribution in [0.15, 0.2) is 18.7 Å². The number of aryl methyl sites for hydroxylation is 1. The molecule has 0 aromatic heterocycles. The molecule has 2 aromatic rings. The van der Waals surface area contributed by atoms with Crippen molar-refractivity contribution < 1.29 is 38.4 Å². The number of carbonyl (C=O) groups is 2. The van der Waals surface area contributed by atoms with Crippen LogP contribution in [0.2, 0.25) is 0 Å². The molecule has 4 heterocycles. The van der Waals surface area contributed by atoms with Gasteiger partial charge in [0.1, 0.15) is 18.4 Å². The fraction of sp³-hybridized carbons (Fsp3) is 0.485. The Balaban J connectivity index is 1.59. The minimum absolute atomic E-state index is 0.0393. The number of hydrogen-bond donors (Lipinski definition) is 3. The molecule has 2 bridgehead atoms. The standard InChI is InChI=1S/C33H39N5O8/c1-7-8-43-33(41)46-29-16(3)30-31(45-14-44-30)25-19(29)11-21-26-24-18(9-15(2)28(42-6)27(24)39)10-20(37(26)5)22(12-34)38(21)23(25)13-36-32(40)17(4)35/h7,9,17,20-23,26,39H,1,8,10-11,13-14,35H2,2-6H3,(H,36,40)/t17-,20?,21-,22-,23-,26?/m0/s1. The number of methoxy groups -OCH3 is 1. The molecule has 0 saturated carbocycles. The Hall–Kier alpha value is -4.51. The third-order valence-corrected chi connectivity index (χ3v) is 9.65. The van der Waals surface area contributed by atoms with Crippen LogP contribution in [-0.4, -0.2) is 85.2 Å². The molecule has 6 atom stereocenters. The Labute approximate surface area is 267 Å². The van der Waals surface area contributed by atoms with E-state index in [-0.39, 0.29) is 49.4 Å². The molecule has 6 rings (SSSR count). The Morgan fingerprint density at radius 3 is 2.65 bits per heavy atom. The van der Waals surface area contributed by atoms with E-state index in [1.807, 2.05) is 20.0 Å². The molecule has 1 saturated heterocycles. The van der Waals surface area contributed by atoms with Gasteiger partial charge in [-0.3, -0.25) is 14.6 Å². The molecule has 4 aliphatic rings. The van der Waals surface area contributed by atoms with Gasteiger partial charge in [0.2, 0.25) is 12.7 Å². The van der Waals surface area contributed by atoms with Crippen molar-refractivity contribution in [3.8, 4) is 34.8 Å². The predicted molar refractivity (Wildman–Crippen MR) is 165 cm³/mol. The van der Waals surface area contributed by atoms with Crippen LogP contribution in [0.1, 0.15) is 52.4 Å². The highest BCUT2D eigenvalue weighted by Gasteiger charge is 2.57. The van der Waals surface area contributed by atoms with E-state index in [1.165, 1.54) is 13.2 Å². The van der Waals surface area contributed by atoms with E-state index in [0.29, 0.717) is 46.8 Å². The molecule has 1 fully saturated rings. The van der Waals surface area contributed by atoms with Crippen LogP contribution in [-0.2, 0) is 22.4 Å².